The van der Waals surface area contributed by atoms with Crippen LogP contribution < -0.4 is 9.04 Å². The second-order valence-corrected chi connectivity index (χ2v) is 8.71. The van der Waals surface area contributed by atoms with Gasteiger partial charge in [0.1, 0.15) is 11.8 Å². The SMILES string of the molecule is COC(=O)[C@H]1Cc2ccccc2N1S(=O)(=O)c1ccc(OC(=O)c2ccccc2)cc1. The van der Waals surface area contributed by atoms with Crippen molar-refractivity contribution >= 4 is 27.6 Å². The molecule has 3 aromatic carbocycles. The summed E-state index contributed by atoms with van der Waals surface area (Å²) in [6, 6.07) is 19.9. The van der Waals surface area contributed by atoms with E-state index in [4.69, 9.17) is 9.47 Å². The molecule has 1 atom stereocenters. The summed E-state index contributed by atoms with van der Waals surface area (Å²) in [4.78, 5) is 24.5. The molecule has 158 valence electrons. The summed E-state index contributed by atoms with van der Waals surface area (Å²) in [7, 11) is -2.83. The van der Waals surface area contributed by atoms with Crippen LogP contribution in [0, 0.1) is 0 Å². The summed E-state index contributed by atoms with van der Waals surface area (Å²) in [5.74, 6) is -0.970. The molecule has 7 nitrogen and oxygen atoms in total. The van der Waals surface area contributed by atoms with Gasteiger partial charge in [-0.25, -0.2) is 18.0 Å². The molecule has 1 heterocycles. The molecule has 4 rings (SSSR count). The van der Waals surface area contributed by atoms with Crippen molar-refractivity contribution < 1.29 is 27.5 Å². The number of para-hydroxylation sites is 1. The smallest absolute Gasteiger partial charge is 0.343 e. The van der Waals surface area contributed by atoms with Gasteiger partial charge in [0.2, 0.25) is 0 Å². The third-order valence-corrected chi connectivity index (χ3v) is 6.84. The second kappa shape index (κ2) is 8.23. The fourth-order valence-electron chi connectivity index (χ4n) is 3.50. The Morgan fingerprint density at radius 3 is 2.23 bits per heavy atom. The van der Waals surface area contributed by atoms with Gasteiger partial charge in [-0.15, -0.1) is 0 Å². The van der Waals surface area contributed by atoms with Crippen molar-refractivity contribution in [3.63, 3.8) is 0 Å². The van der Waals surface area contributed by atoms with Gasteiger partial charge in [-0.2, -0.15) is 0 Å². The van der Waals surface area contributed by atoms with E-state index in [2.05, 4.69) is 0 Å². The lowest BCUT2D eigenvalue weighted by molar-refractivity contribution is -0.141. The molecular weight excluding hydrogens is 418 g/mol. The highest BCUT2D eigenvalue weighted by molar-refractivity contribution is 7.93. The van der Waals surface area contributed by atoms with Gasteiger partial charge in [0.15, 0.2) is 0 Å². The lowest BCUT2D eigenvalue weighted by Crippen LogP contribution is -2.43. The van der Waals surface area contributed by atoms with Crippen LogP contribution in [-0.2, 0) is 26.0 Å². The first-order valence-electron chi connectivity index (χ1n) is 9.49. The van der Waals surface area contributed by atoms with E-state index >= 15 is 0 Å². The Morgan fingerprint density at radius 1 is 0.903 bits per heavy atom. The van der Waals surface area contributed by atoms with Crippen LogP contribution >= 0.6 is 0 Å². The number of sulfonamides is 1. The van der Waals surface area contributed by atoms with Crippen LogP contribution in [0.4, 0.5) is 5.69 Å². The fourth-order valence-corrected chi connectivity index (χ4v) is 5.14. The Balaban J connectivity index is 1.62. The first-order valence-corrected chi connectivity index (χ1v) is 10.9. The van der Waals surface area contributed by atoms with Gasteiger partial charge in [0, 0.05) is 6.42 Å². The molecule has 3 aromatic rings. The van der Waals surface area contributed by atoms with Crippen molar-refractivity contribution in [3.8, 4) is 5.75 Å². The van der Waals surface area contributed by atoms with E-state index in [9.17, 15) is 18.0 Å². The van der Waals surface area contributed by atoms with Crippen molar-refractivity contribution in [2.75, 3.05) is 11.4 Å². The number of hydrogen-bond donors (Lipinski definition) is 0. The summed E-state index contributed by atoms with van der Waals surface area (Å²) >= 11 is 0. The van der Waals surface area contributed by atoms with Crippen LogP contribution in [0.15, 0.2) is 83.8 Å². The fraction of sp³-hybridized carbons (Fsp3) is 0.130. The number of methoxy groups -OCH3 is 1. The number of carbonyl (C=O) groups excluding carboxylic acids is 2. The van der Waals surface area contributed by atoms with Gasteiger partial charge in [-0.3, -0.25) is 4.31 Å². The lowest BCUT2D eigenvalue weighted by Gasteiger charge is -2.25. The molecule has 1 aliphatic heterocycles. The molecule has 0 bridgehead atoms. The van der Waals surface area contributed by atoms with Gasteiger partial charge < -0.3 is 9.47 Å². The summed E-state index contributed by atoms with van der Waals surface area (Å²) in [6.45, 7) is 0. The summed E-state index contributed by atoms with van der Waals surface area (Å²) in [5.41, 5.74) is 1.57. The maximum absolute atomic E-state index is 13.4. The molecule has 0 aliphatic carbocycles. The van der Waals surface area contributed by atoms with Crippen LogP contribution in [0.1, 0.15) is 15.9 Å². The Hall–Kier alpha value is -3.65. The van der Waals surface area contributed by atoms with Gasteiger partial charge in [-0.1, -0.05) is 36.4 Å². The third-order valence-electron chi connectivity index (χ3n) is 5.00. The Bertz CT molecular complexity index is 1220. The highest BCUT2D eigenvalue weighted by atomic mass is 32.2. The predicted octanol–water partition coefficient (Wildman–Crippen LogP) is 3.20. The highest BCUT2D eigenvalue weighted by Crippen LogP contribution is 2.37. The van der Waals surface area contributed by atoms with E-state index in [1.54, 1.807) is 54.6 Å². The minimum Gasteiger partial charge on any atom is -0.467 e. The van der Waals surface area contributed by atoms with Crippen molar-refractivity contribution in [3.05, 3.63) is 90.0 Å². The maximum Gasteiger partial charge on any atom is 0.343 e. The average molecular weight is 437 g/mol. The molecule has 0 aromatic heterocycles. The van der Waals surface area contributed by atoms with E-state index in [0.717, 1.165) is 9.87 Å². The van der Waals surface area contributed by atoms with Crippen molar-refractivity contribution in [1.29, 1.82) is 0 Å². The number of benzene rings is 3. The Labute approximate surface area is 179 Å². The normalized spacial score (nSPS) is 15.3. The van der Waals surface area contributed by atoms with Gasteiger partial charge in [0.05, 0.1) is 23.3 Å². The molecule has 0 saturated heterocycles. The van der Waals surface area contributed by atoms with E-state index in [1.165, 1.54) is 31.4 Å². The number of carbonyl (C=O) groups is 2. The number of rotatable bonds is 5. The quantitative estimate of drug-likeness (QED) is 0.450. The molecule has 0 saturated carbocycles. The second-order valence-electron chi connectivity index (χ2n) is 6.90. The van der Waals surface area contributed by atoms with E-state index in [1.807, 2.05) is 0 Å². The molecule has 1 aliphatic rings. The zero-order valence-corrected chi connectivity index (χ0v) is 17.4. The average Bonchev–Trinajstić information content (AvgIpc) is 3.20. The lowest BCUT2D eigenvalue weighted by atomic mass is 10.1. The zero-order valence-electron chi connectivity index (χ0n) is 16.6. The molecule has 0 fully saturated rings. The minimum absolute atomic E-state index is 0.0300. The molecule has 0 unspecified atom stereocenters. The van der Waals surface area contributed by atoms with E-state index < -0.39 is 28.0 Å². The van der Waals surface area contributed by atoms with Crippen LogP contribution in [0.25, 0.3) is 0 Å². The molecule has 0 N–H and O–H groups in total. The number of anilines is 1. The number of hydrogen-bond acceptors (Lipinski definition) is 6. The first-order chi connectivity index (χ1) is 14.9. The molecule has 0 spiro atoms. The van der Waals surface area contributed by atoms with Crippen molar-refractivity contribution in [2.45, 2.75) is 17.4 Å². The monoisotopic (exact) mass is 437 g/mol. The van der Waals surface area contributed by atoms with E-state index in [-0.39, 0.29) is 17.1 Å². The number of esters is 2. The zero-order chi connectivity index (χ0) is 22.0. The van der Waals surface area contributed by atoms with Gasteiger partial charge in [-0.05, 0) is 48.0 Å². The molecular formula is C23H19NO6S. The van der Waals surface area contributed by atoms with Crippen LogP contribution in [0.5, 0.6) is 5.75 Å². The predicted molar refractivity (Wildman–Crippen MR) is 113 cm³/mol. The number of nitrogens with zero attached hydrogens (tertiary/aromatic N) is 1. The topological polar surface area (TPSA) is 90.0 Å². The molecule has 31 heavy (non-hydrogen) atoms. The highest BCUT2D eigenvalue weighted by Gasteiger charge is 2.42. The Kier molecular flexibility index (Phi) is 5.48. The van der Waals surface area contributed by atoms with E-state index in [0.29, 0.717) is 11.3 Å². The van der Waals surface area contributed by atoms with Crippen LogP contribution in [0.3, 0.4) is 0 Å². The summed E-state index contributed by atoms with van der Waals surface area (Å²) in [6.07, 6.45) is 0.231. The molecule has 8 heteroatoms. The Morgan fingerprint density at radius 2 is 1.55 bits per heavy atom. The van der Waals surface area contributed by atoms with Crippen molar-refractivity contribution in [1.82, 2.24) is 0 Å². The molecule has 0 radical (unpaired) electrons. The summed E-state index contributed by atoms with van der Waals surface area (Å²) in [5, 5.41) is 0. The summed E-state index contributed by atoms with van der Waals surface area (Å²) < 4.78 is 38.0. The maximum atomic E-state index is 13.4. The number of fused-ring (bicyclic) bond motifs is 1. The van der Waals surface area contributed by atoms with Crippen LogP contribution in [0.2, 0.25) is 0 Å². The third kappa shape index (κ3) is 3.89. The largest absolute Gasteiger partial charge is 0.467 e. The standard InChI is InChI=1S/C23H19NO6S/c1-29-23(26)21-15-17-9-5-6-10-20(17)24(21)31(27,28)19-13-11-18(12-14-19)30-22(25)16-7-3-2-4-8-16/h2-14,21H,15H2,1H3/t21-/m1/s1. The first kappa shape index (κ1) is 20.6. The number of ether oxygens (including phenoxy) is 2. The van der Waals surface area contributed by atoms with Gasteiger partial charge >= 0.3 is 11.9 Å². The minimum atomic E-state index is -4.06. The molecule has 0 amide bonds. The van der Waals surface area contributed by atoms with Crippen LogP contribution in [-0.4, -0.2) is 33.5 Å². The van der Waals surface area contributed by atoms with Gasteiger partial charge in [0.25, 0.3) is 10.0 Å². The van der Waals surface area contributed by atoms with Crippen molar-refractivity contribution in [2.24, 2.45) is 0 Å².